The van der Waals surface area contributed by atoms with E-state index in [-0.39, 0.29) is 22.6 Å². The molecule has 0 aliphatic carbocycles. The SMILES string of the molecule is COc1ccc(N2C(=O)C(Cc3ccc(Cl)c(Cl)c3)S/C2=C(/C#N)C(=O)NC(C)c2ccccc2)cc1. The fraction of sp³-hybridized carbons (Fsp3) is 0.179. The van der Waals surface area contributed by atoms with E-state index < -0.39 is 11.2 Å². The van der Waals surface area contributed by atoms with Gasteiger partial charge in [0.15, 0.2) is 0 Å². The first-order valence-electron chi connectivity index (χ1n) is 11.4. The van der Waals surface area contributed by atoms with Gasteiger partial charge in [-0.2, -0.15) is 5.26 Å². The molecule has 188 valence electrons. The number of ether oxygens (including phenoxy) is 1. The lowest BCUT2D eigenvalue weighted by Gasteiger charge is -2.20. The largest absolute Gasteiger partial charge is 0.497 e. The van der Waals surface area contributed by atoms with Gasteiger partial charge in [0.2, 0.25) is 5.91 Å². The Morgan fingerprint density at radius 2 is 1.81 bits per heavy atom. The van der Waals surface area contributed by atoms with Crippen LogP contribution < -0.4 is 15.0 Å². The lowest BCUT2D eigenvalue weighted by atomic mass is 10.1. The monoisotopic (exact) mass is 551 g/mol. The van der Waals surface area contributed by atoms with E-state index in [1.807, 2.05) is 43.3 Å². The molecule has 1 saturated heterocycles. The smallest absolute Gasteiger partial charge is 0.265 e. The van der Waals surface area contributed by atoms with Crippen molar-refractivity contribution in [2.24, 2.45) is 0 Å². The second-order valence-electron chi connectivity index (χ2n) is 8.33. The van der Waals surface area contributed by atoms with Crippen LogP contribution in [0.2, 0.25) is 10.0 Å². The molecule has 9 heteroatoms. The maximum absolute atomic E-state index is 13.7. The molecule has 2 amide bonds. The number of hydrogen-bond donors (Lipinski definition) is 1. The number of thioether (sulfide) groups is 1. The highest BCUT2D eigenvalue weighted by Gasteiger charge is 2.41. The summed E-state index contributed by atoms with van der Waals surface area (Å²) in [6.07, 6.45) is 0.345. The first-order chi connectivity index (χ1) is 17.8. The number of amides is 2. The van der Waals surface area contributed by atoms with Crippen LogP contribution in [0.4, 0.5) is 5.69 Å². The van der Waals surface area contributed by atoms with Crippen molar-refractivity contribution in [2.75, 3.05) is 12.0 Å². The summed E-state index contributed by atoms with van der Waals surface area (Å²) >= 11 is 13.4. The molecule has 0 aromatic heterocycles. The Bertz CT molecular complexity index is 1390. The number of halogens is 2. The molecule has 1 aliphatic heterocycles. The molecule has 0 bridgehead atoms. The lowest BCUT2D eigenvalue weighted by Crippen LogP contribution is -2.32. The van der Waals surface area contributed by atoms with Crippen molar-refractivity contribution >= 4 is 52.5 Å². The molecule has 4 rings (SSSR count). The highest BCUT2D eigenvalue weighted by molar-refractivity contribution is 8.05. The molecule has 1 fully saturated rings. The van der Waals surface area contributed by atoms with Gasteiger partial charge in [-0.1, -0.05) is 71.4 Å². The molecule has 0 saturated carbocycles. The van der Waals surface area contributed by atoms with Crippen molar-refractivity contribution < 1.29 is 14.3 Å². The predicted molar refractivity (Wildman–Crippen MR) is 148 cm³/mol. The van der Waals surface area contributed by atoms with Gasteiger partial charge >= 0.3 is 0 Å². The number of carbonyl (C=O) groups is 2. The molecule has 1 aliphatic rings. The zero-order valence-corrected chi connectivity index (χ0v) is 22.4. The summed E-state index contributed by atoms with van der Waals surface area (Å²) in [4.78, 5) is 28.4. The van der Waals surface area contributed by atoms with E-state index in [0.717, 1.165) is 11.1 Å². The first-order valence-corrected chi connectivity index (χ1v) is 13.0. The Labute approximate surface area is 229 Å². The number of nitriles is 1. The second kappa shape index (κ2) is 11.7. The summed E-state index contributed by atoms with van der Waals surface area (Å²) in [5.74, 6) is -0.174. The maximum Gasteiger partial charge on any atom is 0.265 e. The van der Waals surface area contributed by atoms with Crippen molar-refractivity contribution in [3.8, 4) is 11.8 Å². The van der Waals surface area contributed by atoms with Crippen LogP contribution in [0.1, 0.15) is 24.1 Å². The molecular weight excluding hydrogens is 529 g/mol. The van der Waals surface area contributed by atoms with Gasteiger partial charge in [-0.3, -0.25) is 14.5 Å². The van der Waals surface area contributed by atoms with Crippen molar-refractivity contribution in [2.45, 2.75) is 24.6 Å². The number of hydrogen-bond acceptors (Lipinski definition) is 5. The summed E-state index contributed by atoms with van der Waals surface area (Å²) in [6.45, 7) is 1.84. The van der Waals surface area contributed by atoms with Gasteiger partial charge in [0.25, 0.3) is 5.91 Å². The average Bonchev–Trinajstić information content (AvgIpc) is 3.22. The van der Waals surface area contributed by atoms with Gasteiger partial charge in [0.1, 0.15) is 22.4 Å². The number of rotatable bonds is 7. The Morgan fingerprint density at radius 3 is 2.43 bits per heavy atom. The maximum atomic E-state index is 13.7. The van der Waals surface area contributed by atoms with Crippen LogP contribution in [0, 0.1) is 11.3 Å². The normalized spacial score (nSPS) is 17.2. The van der Waals surface area contributed by atoms with Crippen LogP contribution in [0.15, 0.2) is 83.4 Å². The molecule has 0 spiro atoms. The summed E-state index contributed by atoms with van der Waals surface area (Å²) in [7, 11) is 1.55. The number of methoxy groups -OCH3 is 1. The van der Waals surface area contributed by atoms with Gasteiger partial charge in [0, 0.05) is 5.69 Å². The zero-order chi connectivity index (χ0) is 26.5. The van der Waals surface area contributed by atoms with E-state index in [2.05, 4.69) is 5.32 Å². The minimum Gasteiger partial charge on any atom is -0.497 e. The van der Waals surface area contributed by atoms with E-state index in [4.69, 9.17) is 27.9 Å². The van der Waals surface area contributed by atoms with Crippen molar-refractivity contribution in [3.63, 3.8) is 0 Å². The molecule has 2 unspecified atom stereocenters. The molecule has 37 heavy (non-hydrogen) atoms. The predicted octanol–water partition coefficient (Wildman–Crippen LogP) is 6.31. The van der Waals surface area contributed by atoms with E-state index in [1.165, 1.54) is 16.7 Å². The third-order valence-corrected chi connectivity index (χ3v) is 7.89. The summed E-state index contributed by atoms with van der Waals surface area (Å²) in [5, 5.41) is 13.5. The minimum absolute atomic E-state index is 0.131. The molecule has 1 heterocycles. The minimum atomic E-state index is -0.572. The average molecular weight is 552 g/mol. The van der Waals surface area contributed by atoms with Gasteiger partial charge < -0.3 is 10.1 Å². The van der Waals surface area contributed by atoms with E-state index in [1.54, 1.807) is 49.6 Å². The Morgan fingerprint density at radius 1 is 1.11 bits per heavy atom. The molecular formula is C28H23Cl2N3O3S. The summed E-state index contributed by atoms with van der Waals surface area (Å²) in [6, 6.07) is 23.2. The Hall–Kier alpha value is -3.44. The molecule has 3 aromatic carbocycles. The molecule has 0 radical (unpaired) electrons. The lowest BCUT2D eigenvalue weighted by molar-refractivity contribution is -0.117. The third kappa shape index (κ3) is 5.94. The van der Waals surface area contributed by atoms with Crippen LogP contribution >= 0.6 is 35.0 Å². The molecule has 3 aromatic rings. The highest BCUT2D eigenvalue weighted by Crippen LogP contribution is 2.42. The number of benzene rings is 3. The van der Waals surface area contributed by atoms with E-state index in [9.17, 15) is 14.9 Å². The molecule has 1 N–H and O–H groups in total. The fourth-order valence-electron chi connectivity index (χ4n) is 3.93. The quantitative estimate of drug-likeness (QED) is 0.275. The van der Waals surface area contributed by atoms with Crippen LogP contribution in [-0.4, -0.2) is 24.2 Å². The number of nitrogens with one attached hydrogen (secondary N) is 1. The second-order valence-corrected chi connectivity index (χ2v) is 10.3. The highest BCUT2D eigenvalue weighted by atomic mass is 35.5. The van der Waals surface area contributed by atoms with Gasteiger partial charge in [-0.15, -0.1) is 0 Å². The zero-order valence-electron chi connectivity index (χ0n) is 20.1. The number of anilines is 1. The van der Waals surface area contributed by atoms with E-state index >= 15 is 0 Å². The van der Waals surface area contributed by atoms with Gasteiger partial charge in [0.05, 0.1) is 28.4 Å². The topological polar surface area (TPSA) is 82.4 Å². The van der Waals surface area contributed by atoms with Crippen LogP contribution in [0.3, 0.4) is 0 Å². The molecule has 2 atom stereocenters. The standard InChI is InChI=1S/C28H23Cl2N3O3S/c1-17(19-6-4-3-5-7-19)32-26(34)22(16-31)28-33(20-9-11-21(36-2)12-10-20)27(35)25(37-28)15-18-8-13-23(29)24(30)14-18/h3-14,17,25H,15H2,1-2H3,(H,32,34)/b28-22-. The Balaban J connectivity index is 1.70. The Kier molecular flexibility index (Phi) is 8.45. The number of carbonyl (C=O) groups excluding carboxylic acids is 2. The number of nitrogens with zero attached hydrogens (tertiary/aromatic N) is 2. The van der Waals surface area contributed by atoms with Crippen molar-refractivity contribution in [3.05, 3.63) is 105 Å². The van der Waals surface area contributed by atoms with E-state index in [0.29, 0.717) is 27.9 Å². The summed E-state index contributed by atoms with van der Waals surface area (Å²) in [5.41, 5.74) is 2.12. The third-order valence-electron chi connectivity index (χ3n) is 5.89. The van der Waals surface area contributed by atoms with Gasteiger partial charge in [-0.05, 0) is 60.9 Å². The van der Waals surface area contributed by atoms with Crippen molar-refractivity contribution in [1.29, 1.82) is 5.26 Å². The van der Waals surface area contributed by atoms with Crippen molar-refractivity contribution in [1.82, 2.24) is 5.32 Å². The van der Waals surface area contributed by atoms with Crippen LogP contribution in [0.25, 0.3) is 0 Å². The first kappa shape index (κ1) is 26.6. The van der Waals surface area contributed by atoms with Crippen LogP contribution in [-0.2, 0) is 16.0 Å². The van der Waals surface area contributed by atoms with Gasteiger partial charge in [-0.25, -0.2) is 0 Å². The molecule has 6 nitrogen and oxygen atoms in total. The van der Waals surface area contributed by atoms with Crippen LogP contribution in [0.5, 0.6) is 5.75 Å². The fourth-order valence-corrected chi connectivity index (χ4v) is 5.56. The summed E-state index contributed by atoms with van der Waals surface area (Å²) < 4.78 is 5.24.